The molecule has 0 amide bonds. The maximum atomic E-state index is 13.8. The number of rotatable bonds is 9. The molecule has 0 aliphatic carbocycles. The highest BCUT2D eigenvalue weighted by Crippen LogP contribution is 2.24. The number of methoxy groups -OCH3 is 1. The Labute approximate surface area is 221 Å². The first-order valence-electron chi connectivity index (χ1n) is 11.4. The number of carbonyl (C=O) groups is 1. The number of hydrogen-bond donors (Lipinski definition) is 1. The topological polar surface area (TPSA) is 117 Å². The van der Waals surface area contributed by atoms with Crippen LogP contribution < -0.4 is 21.4 Å². The van der Waals surface area contributed by atoms with E-state index in [1.165, 1.54) is 30.0 Å². The number of aromatic nitrogens is 4. The molecule has 4 rings (SSSR count). The van der Waals surface area contributed by atoms with Gasteiger partial charge in [0.1, 0.15) is 5.75 Å². The number of halogens is 2. The number of nitrogens with one attached hydrogen (secondary N) is 1. The summed E-state index contributed by atoms with van der Waals surface area (Å²) < 4.78 is 26.2. The fourth-order valence-electron chi connectivity index (χ4n) is 3.54. The zero-order valence-electron chi connectivity index (χ0n) is 20.4. The first-order valence-corrected chi connectivity index (χ1v) is 11.8. The lowest BCUT2D eigenvalue weighted by Gasteiger charge is -2.17. The standard InChI is InChI=1S/C26H23ClFN5O5/c1-16(23(34)37-2)14-33-25(35)31-24(32(26(33)36)15-17-5-7-18(27)8-6-17)30-19-9-11-20(12-10-19)38-22-21(28)4-3-13-29-22/h3-13,16H,14-15H2,1-2H3,(H,30,31,35)/t16-/m0/s1. The fraction of sp³-hybridized carbons (Fsp3) is 0.192. The number of anilines is 2. The Bertz CT molecular complexity index is 1550. The maximum absolute atomic E-state index is 13.8. The molecule has 0 aliphatic heterocycles. The fourth-order valence-corrected chi connectivity index (χ4v) is 3.66. The summed E-state index contributed by atoms with van der Waals surface area (Å²) in [6.45, 7) is 1.42. The monoisotopic (exact) mass is 539 g/mol. The predicted octanol–water partition coefficient (Wildman–Crippen LogP) is 3.99. The van der Waals surface area contributed by atoms with E-state index in [0.717, 1.165) is 10.1 Å². The van der Waals surface area contributed by atoms with Crippen molar-refractivity contribution in [2.24, 2.45) is 5.92 Å². The van der Waals surface area contributed by atoms with Gasteiger partial charge in [0.05, 0.1) is 19.6 Å². The Balaban J connectivity index is 1.66. The van der Waals surface area contributed by atoms with Gasteiger partial charge in [-0.15, -0.1) is 0 Å². The smallest absolute Gasteiger partial charge is 0.354 e. The summed E-state index contributed by atoms with van der Waals surface area (Å²) in [6.07, 6.45) is 1.41. The second-order valence-electron chi connectivity index (χ2n) is 8.29. The Kier molecular flexibility index (Phi) is 8.17. The highest BCUT2D eigenvalue weighted by molar-refractivity contribution is 6.30. The normalized spacial score (nSPS) is 11.6. The number of benzene rings is 2. The van der Waals surface area contributed by atoms with Gasteiger partial charge in [-0.05, 0) is 54.1 Å². The van der Waals surface area contributed by atoms with E-state index in [2.05, 4.69) is 15.3 Å². The Morgan fingerprint density at radius 3 is 2.45 bits per heavy atom. The van der Waals surface area contributed by atoms with Crippen molar-refractivity contribution < 1.29 is 18.7 Å². The second-order valence-corrected chi connectivity index (χ2v) is 8.73. The van der Waals surface area contributed by atoms with E-state index in [0.29, 0.717) is 16.5 Å². The summed E-state index contributed by atoms with van der Waals surface area (Å²) in [5.74, 6) is -1.76. The lowest BCUT2D eigenvalue weighted by atomic mass is 10.2. The molecule has 2 aromatic carbocycles. The van der Waals surface area contributed by atoms with Crippen molar-refractivity contribution in [2.45, 2.75) is 20.0 Å². The van der Waals surface area contributed by atoms with Crippen LogP contribution >= 0.6 is 11.6 Å². The van der Waals surface area contributed by atoms with Gasteiger partial charge >= 0.3 is 17.3 Å². The van der Waals surface area contributed by atoms with Crippen LogP contribution in [0.4, 0.5) is 16.0 Å². The third kappa shape index (κ3) is 6.24. The van der Waals surface area contributed by atoms with Crippen molar-refractivity contribution in [3.8, 4) is 11.6 Å². The zero-order valence-corrected chi connectivity index (χ0v) is 21.2. The largest absolute Gasteiger partial charge is 0.469 e. The van der Waals surface area contributed by atoms with Crippen LogP contribution in [0.5, 0.6) is 11.6 Å². The molecular formula is C26H23ClFN5O5. The molecular weight excluding hydrogens is 517 g/mol. The molecule has 12 heteroatoms. The molecule has 2 aromatic heterocycles. The zero-order chi connectivity index (χ0) is 27.2. The molecule has 1 atom stereocenters. The molecule has 0 aliphatic rings. The van der Waals surface area contributed by atoms with E-state index in [-0.39, 0.29) is 24.9 Å². The van der Waals surface area contributed by atoms with E-state index in [9.17, 15) is 18.8 Å². The van der Waals surface area contributed by atoms with Crippen LogP contribution in [0, 0.1) is 11.7 Å². The minimum absolute atomic E-state index is 0.0126. The van der Waals surface area contributed by atoms with Crippen LogP contribution in [-0.4, -0.2) is 32.2 Å². The van der Waals surface area contributed by atoms with E-state index < -0.39 is 29.1 Å². The minimum Gasteiger partial charge on any atom is -0.469 e. The maximum Gasteiger partial charge on any atom is 0.354 e. The predicted molar refractivity (Wildman–Crippen MR) is 138 cm³/mol. The Morgan fingerprint density at radius 2 is 1.79 bits per heavy atom. The van der Waals surface area contributed by atoms with E-state index >= 15 is 0 Å². The van der Waals surface area contributed by atoms with Gasteiger partial charge in [-0.2, -0.15) is 4.98 Å². The molecule has 4 aromatic rings. The van der Waals surface area contributed by atoms with Crippen LogP contribution in [-0.2, 0) is 22.6 Å². The summed E-state index contributed by atoms with van der Waals surface area (Å²) in [6, 6.07) is 15.9. The van der Waals surface area contributed by atoms with E-state index in [1.807, 2.05) is 0 Å². The highest BCUT2D eigenvalue weighted by Gasteiger charge is 2.20. The Morgan fingerprint density at radius 1 is 1.08 bits per heavy atom. The second kappa shape index (κ2) is 11.7. The lowest BCUT2D eigenvalue weighted by Crippen LogP contribution is -2.44. The number of pyridine rings is 1. The summed E-state index contributed by atoms with van der Waals surface area (Å²) >= 11 is 5.99. The molecule has 2 heterocycles. The molecule has 0 saturated heterocycles. The van der Waals surface area contributed by atoms with Crippen molar-refractivity contribution >= 4 is 29.2 Å². The van der Waals surface area contributed by atoms with Crippen molar-refractivity contribution in [1.29, 1.82) is 0 Å². The van der Waals surface area contributed by atoms with Crippen LogP contribution in [0.3, 0.4) is 0 Å². The average molecular weight is 540 g/mol. The van der Waals surface area contributed by atoms with Crippen LogP contribution in [0.1, 0.15) is 12.5 Å². The van der Waals surface area contributed by atoms with Gasteiger partial charge in [0.25, 0.3) is 5.88 Å². The molecule has 0 spiro atoms. The number of nitrogens with zero attached hydrogens (tertiary/aromatic N) is 4. The van der Waals surface area contributed by atoms with Crippen LogP contribution in [0.25, 0.3) is 0 Å². The first kappa shape index (κ1) is 26.6. The molecule has 1 N–H and O–H groups in total. The van der Waals surface area contributed by atoms with Gasteiger partial charge in [-0.1, -0.05) is 30.7 Å². The average Bonchev–Trinajstić information content (AvgIpc) is 2.91. The third-order valence-electron chi connectivity index (χ3n) is 5.51. The Hall–Kier alpha value is -4.51. The van der Waals surface area contributed by atoms with E-state index in [1.54, 1.807) is 55.5 Å². The summed E-state index contributed by atoms with van der Waals surface area (Å²) in [5, 5.41) is 3.51. The SMILES string of the molecule is COC(=O)[C@@H](C)Cn1c(=O)nc(Nc2ccc(Oc3ncccc3F)cc2)n(Cc2ccc(Cl)cc2)c1=O. The van der Waals surface area contributed by atoms with Crippen molar-refractivity contribution in [2.75, 3.05) is 12.4 Å². The van der Waals surface area contributed by atoms with Gasteiger partial charge in [0.2, 0.25) is 5.95 Å². The van der Waals surface area contributed by atoms with E-state index in [4.69, 9.17) is 21.1 Å². The molecule has 0 bridgehead atoms. The quantitative estimate of drug-likeness (QED) is 0.317. The van der Waals surface area contributed by atoms with Gasteiger partial charge < -0.3 is 14.8 Å². The van der Waals surface area contributed by atoms with Crippen molar-refractivity contribution in [3.63, 3.8) is 0 Å². The molecule has 0 unspecified atom stereocenters. The minimum atomic E-state index is -0.828. The number of esters is 1. The molecule has 196 valence electrons. The number of hydrogen-bond acceptors (Lipinski definition) is 8. The van der Waals surface area contributed by atoms with Crippen LogP contribution in [0.2, 0.25) is 5.02 Å². The van der Waals surface area contributed by atoms with Gasteiger partial charge in [-0.3, -0.25) is 9.36 Å². The van der Waals surface area contributed by atoms with Crippen LogP contribution in [0.15, 0.2) is 76.4 Å². The summed E-state index contributed by atoms with van der Waals surface area (Å²) in [7, 11) is 1.23. The molecule has 0 saturated carbocycles. The molecule has 0 radical (unpaired) electrons. The van der Waals surface area contributed by atoms with Gasteiger partial charge in [0, 0.05) is 23.5 Å². The van der Waals surface area contributed by atoms with Gasteiger partial charge in [-0.25, -0.2) is 23.5 Å². The number of carbonyl (C=O) groups excluding carboxylic acids is 1. The highest BCUT2D eigenvalue weighted by atomic mass is 35.5. The molecule has 0 fully saturated rings. The van der Waals surface area contributed by atoms with Gasteiger partial charge in [0.15, 0.2) is 5.82 Å². The summed E-state index contributed by atoms with van der Waals surface area (Å²) in [5.41, 5.74) is -0.278. The number of ether oxygens (including phenoxy) is 2. The van der Waals surface area contributed by atoms with Crippen molar-refractivity contribution in [3.05, 3.63) is 104 Å². The van der Waals surface area contributed by atoms with Crippen molar-refractivity contribution in [1.82, 2.24) is 19.1 Å². The first-order chi connectivity index (χ1) is 18.2. The third-order valence-corrected chi connectivity index (χ3v) is 5.77. The summed E-state index contributed by atoms with van der Waals surface area (Å²) in [4.78, 5) is 46.0. The molecule has 38 heavy (non-hydrogen) atoms. The lowest BCUT2D eigenvalue weighted by molar-refractivity contribution is -0.145. The molecule has 10 nitrogen and oxygen atoms in total.